The Hall–Kier alpha value is -2.71. The Morgan fingerprint density at radius 1 is 1.27 bits per heavy atom. The van der Waals surface area contributed by atoms with Gasteiger partial charge >= 0.3 is 6.18 Å². The molecular formula is C17H17F4N3O2. The second kappa shape index (κ2) is 6.89. The molecule has 0 aliphatic heterocycles. The summed E-state index contributed by atoms with van der Waals surface area (Å²) in [5.41, 5.74) is -3.19. The maximum Gasteiger partial charge on any atom is 0.416 e. The number of H-pyrrole nitrogens is 1. The van der Waals surface area contributed by atoms with Crippen LogP contribution in [0.5, 0.6) is 0 Å². The third-order valence-electron chi connectivity index (χ3n) is 4.08. The first-order valence-electron chi connectivity index (χ1n) is 7.74. The fourth-order valence-electron chi connectivity index (χ4n) is 2.50. The number of hydrogen-bond donors (Lipinski definition) is 2. The highest BCUT2D eigenvalue weighted by molar-refractivity contribution is 5.92. The van der Waals surface area contributed by atoms with Crippen LogP contribution in [-0.4, -0.2) is 15.9 Å². The molecule has 0 spiro atoms. The molecule has 140 valence electrons. The number of carbonyl (C=O) groups excluding carboxylic acids is 1. The molecule has 1 aromatic carbocycles. The van der Waals surface area contributed by atoms with E-state index in [-0.39, 0.29) is 23.5 Å². The smallest absolute Gasteiger partial charge is 0.341 e. The lowest BCUT2D eigenvalue weighted by Gasteiger charge is -2.31. The Morgan fingerprint density at radius 2 is 1.92 bits per heavy atom. The molecule has 2 rings (SSSR count). The second-order valence-corrected chi connectivity index (χ2v) is 6.05. The summed E-state index contributed by atoms with van der Waals surface area (Å²) in [7, 11) is 0. The van der Waals surface area contributed by atoms with E-state index in [0.29, 0.717) is 6.07 Å². The number of rotatable bonds is 4. The number of amides is 1. The molecule has 0 radical (unpaired) electrons. The molecule has 1 heterocycles. The largest absolute Gasteiger partial charge is 0.416 e. The van der Waals surface area contributed by atoms with E-state index in [1.165, 1.54) is 13.8 Å². The minimum Gasteiger partial charge on any atom is -0.341 e. The number of aromatic amines is 1. The third kappa shape index (κ3) is 4.09. The van der Waals surface area contributed by atoms with E-state index in [0.717, 1.165) is 18.2 Å². The summed E-state index contributed by atoms with van der Waals surface area (Å²) >= 11 is 0. The van der Waals surface area contributed by atoms with Gasteiger partial charge < -0.3 is 10.3 Å². The van der Waals surface area contributed by atoms with Crippen molar-refractivity contribution in [3.63, 3.8) is 0 Å². The molecule has 0 fully saturated rings. The number of benzene rings is 1. The second-order valence-electron chi connectivity index (χ2n) is 6.05. The molecule has 9 heteroatoms. The monoisotopic (exact) mass is 371 g/mol. The standard InChI is InChI=1S/C17H17F4N3O2/c1-4-16(3,11-6-5-10(7-12(11)18)17(19,20)21)24-15(26)13-8-14(25)23-9(2)22-13/h5-8H,4H2,1-3H3,(H,24,26)(H,22,23,25)/t16-/m0/s1. The van der Waals surface area contributed by atoms with E-state index >= 15 is 0 Å². The molecule has 1 atom stereocenters. The maximum atomic E-state index is 14.3. The Bertz CT molecular complexity index is 892. The SMILES string of the molecule is CC[C@](C)(NC(=O)c1cc(=O)[nH]c(C)n1)c1ccc(C(F)(F)F)cc1F. The Morgan fingerprint density at radius 3 is 2.42 bits per heavy atom. The van der Waals surface area contributed by atoms with E-state index < -0.39 is 34.6 Å². The Labute approximate surface area is 146 Å². The molecule has 1 aromatic heterocycles. The predicted octanol–water partition coefficient (Wildman–Crippen LogP) is 3.29. The van der Waals surface area contributed by atoms with E-state index in [1.807, 2.05) is 0 Å². The number of halogens is 4. The first-order chi connectivity index (χ1) is 12.0. The summed E-state index contributed by atoms with van der Waals surface area (Å²) in [5.74, 6) is -1.59. The van der Waals surface area contributed by atoms with Gasteiger partial charge in [0.25, 0.3) is 11.5 Å². The van der Waals surface area contributed by atoms with Gasteiger partial charge in [-0.2, -0.15) is 13.2 Å². The fraction of sp³-hybridized carbons (Fsp3) is 0.353. The average molecular weight is 371 g/mol. The number of alkyl halides is 3. The molecule has 1 amide bonds. The molecule has 0 unspecified atom stereocenters. The lowest BCUT2D eigenvalue weighted by Crippen LogP contribution is -2.44. The van der Waals surface area contributed by atoms with Crippen molar-refractivity contribution in [2.45, 2.75) is 38.9 Å². The van der Waals surface area contributed by atoms with Crippen molar-refractivity contribution in [2.75, 3.05) is 0 Å². The van der Waals surface area contributed by atoms with Crippen molar-refractivity contribution >= 4 is 5.91 Å². The van der Waals surface area contributed by atoms with Crippen molar-refractivity contribution in [1.29, 1.82) is 0 Å². The summed E-state index contributed by atoms with van der Waals surface area (Å²) in [6, 6.07) is 3.14. The molecule has 5 nitrogen and oxygen atoms in total. The van der Waals surface area contributed by atoms with Crippen molar-refractivity contribution < 1.29 is 22.4 Å². The van der Waals surface area contributed by atoms with Gasteiger partial charge in [0.2, 0.25) is 0 Å². The van der Waals surface area contributed by atoms with Gasteiger partial charge in [0.15, 0.2) is 0 Å². The van der Waals surface area contributed by atoms with Crippen LogP contribution in [0.4, 0.5) is 17.6 Å². The van der Waals surface area contributed by atoms with Gasteiger partial charge in [0, 0.05) is 11.6 Å². The number of carbonyl (C=O) groups is 1. The molecule has 0 saturated heterocycles. The molecule has 0 aliphatic rings. The number of hydrogen-bond acceptors (Lipinski definition) is 3. The molecule has 0 aliphatic carbocycles. The van der Waals surface area contributed by atoms with Gasteiger partial charge in [-0.1, -0.05) is 13.0 Å². The summed E-state index contributed by atoms with van der Waals surface area (Å²) < 4.78 is 52.4. The molecule has 0 bridgehead atoms. The number of nitrogens with one attached hydrogen (secondary N) is 2. The number of nitrogens with zero attached hydrogens (tertiary/aromatic N) is 1. The molecule has 2 aromatic rings. The third-order valence-corrected chi connectivity index (χ3v) is 4.08. The van der Waals surface area contributed by atoms with Crippen LogP contribution >= 0.6 is 0 Å². The Balaban J connectivity index is 2.39. The minimum atomic E-state index is -4.67. The summed E-state index contributed by atoms with van der Waals surface area (Å²) in [6.45, 7) is 4.62. The summed E-state index contributed by atoms with van der Waals surface area (Å²) in [6.07, 6.45) is -4.47. The number of aryl methyl sites for hydroxylation is 1. The lowest BCUT2D eigenvalue weighted by atomic mass is 9.88. The molecule has 0 saturated carbocycles. The fourth-order valence-corrected chi connectivity index (χ4v) is 2.50. The highest BCUT2D eigenvalue weighted by atomic mass is 19.4. The van der Waals surface area contributed by atoms with Gasteiger partial charge in [-0.15, -0.1) is 0 Å². The minimum absolute atomic E-state index is 0.0945. The van der Waals surface area contributed by atoms with Crippen LogP contribution in [-0.2, 0) is 11.7 Å². The van der Waals surface area contributed by atoms with Crippen LogP contribution in [0.3, 0.4) is 0 Å². The van der Waals surface area contributed by atoms with E-state index in [2.05, 4.69) is 15.3 Å². The highest BCUT2D eigenvalue weighted by Crippen LogP contribution is 2.33. The predicted molar refractivity (Wildman–Crippen MR) is 86.1 cm³/mol. The van der Waals surface area contributed by atoms with E-state index in [4.69, 9.17) is 0 Å². The average Bonchev–Trinajstić information content (AvgIpc) is 2.52. The molecule has 2 N–H and O–H groups in total. The van der Waals surface area contributed by atoms with Crippen LogP contribution in [0, 0.1) is 12.7 Å². The van der Waals surface area contributed by atoms with Gasteiger partial charge in [0.1, 0.15) is 17.3 Å². The molecule has 26 heavy (non-hydrogen) atoms. The van der Waals surface area contributed by atoms with Crippen LogP contribution < -0.4 is 10.9 Å². The van der Waals surface area contributed by atoms with E-state index in [9.17, 15) is 27.2 Å². The zero-order chi connectivity index (χ0) is 19.7. The quantitative estimate of drug-likeness (QED) is 0.810. The van der Waals surface area contributed by atoms with Crippen LogP contribution in [0.2, 0.25) is 0 Å². The topological polar surface area (TPSA) is 74.8 Å². The highest BCUT2D eigenvalue weighted by Gasteiger charge is 2.35. The van der Waals surface area contributed by atoms with Gasteiger partial charge in [-0.3, -0.25) is 9.59 Å². The first kappa shape index (κ1) is 19.6. The summed E-state index contributed by atoms with van der Waals surface area (Å²) in [4.78, 5) is 30.2. The van der Waals surface area contributed by atoms with Crippen molar-refractivity contribution in [2.24, 2.45) is 0 Å². The zero-order valence-corrected chi connectivity index (χ0v) is 14.3. The van der Waals surface area contributed by atoms with Crippen LogP contribution in [0.15, 0.2) is 29.1 Å². The normalized spacial score (nSPS) is 14.0. The van der Waals surface area contributed by atoms with Crippen LogP contribution in [0.25, 0.3) is 0 Å². The van der Waals surface area contributed by atoms with Crippen LogP contribution in [0.1, 0.15) is 47.7 Å². The first-order valence-corrected chi connectivity index (χ1v) is 7.74. The van der Waals surface area contributed by atoms with Crippen molar-refractivity contribution in [3.05, 3.63) is 63.1 Å². The van der Waals surface area contributed by atoms with Crippen molar-refractivity contribution in [3.8, 4) is 0 Å². The summed E-state index contributed by atoms with van der Waals surface area (Å²) in [5, 5.41) is 2.55. The van der Waals surface area contributed by atoms with Gasteiger partial charge in [-0.05, 0) is 32.4 Å². The lowest BCUT2D eigenvalue weighted by molar-refractivity contribution is -0.137. The zero-order valence-electron chi connectivity index (χ0n) is 14.3. The van der Waals surface area contributed by atoms with Gasteiger partial charge in [-0.25, -0.2) is 9.37 Å². The van der Waals surface area contributed by atoms with Gasteiger partial charge in [0.05, 0.1) is 11.1 Å². The maximum absolute atomic E-state index is 14.3. The van der Waals surface area contributed by atoms with Crippen molar-refractivity contribution in [1.82, 2.24) is 15.3 Å². The number of aromatic nitrogens is 2. The molecular weight excluding hydrogens is 354 g/mol. The Kier molecular flexibility index (Phi) is 5.20. The van der Waals surface area contributed by atoms with E-state index in [1.54, 1.807) is 6.92 Å².